The molecule has 1 N–H and O–H groups in total. The van der Waals surface area contributed by atoms with Gasteiger partial charge in [-0.1, -0.05) is 15.9 Å². The molecule has 0 atom stereocenters. The predicted octanol–water partition coefficient (Wildman–Crippen LogP) is 3.50. The summed E-state index contributed by atoms with van der Waals surface area (Å²) in [5, 5.41) is 2.57. The normalized spacial score (nSPS) is 16.3. The molecule has 1 aromatic rings. The van der Waals surface area contributed by atoms with E-state index < -0.39 is 18.6 Å². The van der Waals surface area contributed by atoms with Crippen LogP contribution >= 0.6 is 15.9 Å². The lowest BCUT2D eigenvalue weighted by atomic mass is 10.2. The molecule has 0 bridgehead atoms. The first-order chi connectivity index (χ1) is 13.2. The van der Waals surface area contributed by atoms with Gasteiger partial charge in [-0.25, -0.2) is 4.39 Å². The molecule has 1 aliphatic heterocycles. The first-order valence-corrected chi connectivity index (χ1v) is 9.86. The molecule has 0 spiro atoms. The molecule has 2 rings (SSSR count). The summed E-state index contributed by atoms with van der Waals surface area (Å²) in [6, 6.07) is 4.46. The number of hydrogen-bond acceptors (Lipinski definition) is 4. The van der Waals surface area contributed by atoms with Crippen LogP contribution in [0.1, 0.15) is 12.8 Å². The van der Waals surface area contributed by atoms with Gasteiger partial charge in [-0.2, -0.15) is 13.2 Å². The Bertz CT molecular complexity index is 638. The van der Waals surface area contributed by atoms with E-state index in [0.717, 1.165) is 26.2 Å². The van der Waals surface area contributed by atoms with Crippen LogP contribution in [0.2, 0.25) is 0 Å². The average Bonchev–Trinajstić information content (AvgIpc) is 2.62. The molecule has 1 fully saturated rings. The summed E-state index contributed by atoms with van der Waals surface area (Å²) >= 11 is 3.17. The summed E-state index contributed by atoms with van der Waals surface area (Å²) in [6.07, 6.45) is -3.46. The van der Waals surface area contributed by atoms with Crippen molar-refractivity contribution in [3.05, 3.63) is 28.5 Å². The summed E-state index contributed by atoms with van der Waals surface area (Å²) in [4.78, 5) is 16.3. The van der Waals surface area contributed by atoms with Gasteiger partial charge in [0.1, 0.15) is 12.4 Å². The second-order valence-corrected chi connectivity index (χ2v) is 7.54. The van der Waals surface area contributed by atoms with Crippen molar-refractivity contribution in [3.8, 4) is 0 Å². The summed E-state index contributed by atoms with van der Waals surface area (Å²) < 4.78 is 54.9. The number of nitrogens with zero attached hydrogens (tertiary/aromatic N) is 2. The van der Waals surface area contributed by atoms with E-state index in [9.17, 15) is 22.4 Å². The number of amides is 1. The Labute approximate surface area is 170 Å². The Balaban J connectivity index is 1.57. The number of halogens is 5. The molecule has 0 saturated carbocycles. The fraction of sp³-hybridized carbons (Fsp3) is 0.611. The lowest BCUT2D eigenvalue weighted by Crippen LogP contribution is -2.47. The van der Waals surface area contributed by atoms with E-state index >= 15 is 0 Å². The highest BCUT2D eigenvalue weighted by Gasteiger charge is 2.27. The Kier molecular flexibility index (Phi) is 9.13. The first-order valence-electron chi connectivity index (χ1n) is 9.07. The Hall–Kier alpha value is -1.23. The molecule has 0 radical (unpaired) electrons. The maximum absolute atomic E-state index is 13.7. The monoisotopic (exact) mass is 469 g/mol. The van der Waals surface area contributed by atoms with Crippen LogP contribution < -0.4 is 5.32 Å². The highest BCUT2D eigenvalue weighted by atomic mass is 79.9. The molecular formula is C18H24BrF4N3O2. The van der Waals surface area contributed by atoms with Crippen molar-refractivity contribution in [3.63, 3.8) is 0 Å². The van der Waals surface area contributed by atoms with Gasteiger partial charge in [0.05, 0.1) is 5.69 Å². The van der Waals surface area contributed by atoms with Crippen molar-refractivity contribution >= 4 is 27.5 Å². The minimum absolute atomic E-state index is 0.0898. The zero-order chi connectivity index (χ0) is 20.6. The van der Waals surface area contributed by atoms with E-state index in [1.807, 2.05) is 0 Å². The molecule has 1 aliphatic rings. The van der Waals surface area contributed by atoms with Crippen LogP contribution in [0.4, 0.5) is 23.2 Å². The first kappa shape index (κ1) is 23.1. The third-order valence-electron chi connectivity index (χ3n) is 4.35. The number of rotatable bonds is 9. The molecule has 158 valence electrons. The third-order valence-corrected chi connectivity index (χ3v) is 4.85. The number of hydrogen-bond donors (Lipinski definition) is 1. The molecule has 10 heteroatoms. The molecule has 1 saturated heterocycles. The van der Waals surface area contributed by atoms with Crippen molar-refractivity contribution in [2.24, 2.45) is 0 Å². The predicted molar refractivity (Wildman–Crippen MR) is 102 cm³/mol. The summed E-state index contributed by atoms with van der Waals surface area (Å²) in [6.45, 7) is 3.30. The summed E-state index contributed by atoms with van der Waals surface area (Å²) in [5.74, 6) is -0.735. The van der Waals surface area contributed by atoms with Gasteiger partial charge in [-0.05, 0) is 24.6 Å². The van der Waals surface area contributed by atoms with Crippen LogP contribution in [0.15, 0.2) is 22.7 Å². The lowest BCUT2D eigenvalue weighted by Gasteiger charge is -2.34. The molecule has 0 unspecified atom stereocenters. The van der Waals surface area contributed by atoms with Gasteiger partial charge in [0.2, 0.25) is 5.91 Å². The standard InChI is InChI=1S/C18H24BrF4N3O2/c19-14-2-3-16(15(20)12-14)24-17(27)4-6-26-9-7-25(8-10-26)5-1-11-28-13-18(21,22)23/h2-3,12H,1,4-11,13H2,(H,24,27). The Morgan fingerprint density at radius 2 is 1.79 bits per heavy atom. The molecule has 5 nitrogen and oxygen atoms in total. The number of benzene rings is 1. The van der Waals surface area contributed by atoms with E-state index in [0.29, 0.717) is 24.0 Å². The van der Waals surface area contributed by atoms with Crippen molar-refractivity contribution in [1.29, 1.82) is 0 Å². The number of piperazine rings is 1. The quantitative estimate of drug-likeness (QED) is 0.444. The van der Waals surface area contributed by atoms with Gasteiger partial charge in [-0.15, -0.1) is 0 Å². The molecular weight excluding hydrogens is 446 g/mol. The Morgan fingerprint density at radius 3 is 2.39 bits per heavy atom. The summed E-state index contributed by atoms with van der Waals surface area (Å²) in [5.41, 5.74) is 0.158. The molecule has 1 heterocycles. The van der Waals surface area contributed by atoms with E-state index in [-0.39, 0.29) is 24.6 Å². The zero-order valence-electron chi connectivity index (χ0n) is 15.4. The molecule has 1 aromatic carbocycles. The highest BCUT2D eigenvalue weighted by Crippen LogP contribution is 2.19. The SMILES string of the molecule is O=C(CCN1CCN(CCCOCC(F)(F)F)CC1)Nc1ccc(Br)cc1F. The second-order valence-electron chi connectivity index (χ2n) is 6.63. The third kappa shape index (κ3) is 8.85. The smallest absolute Gasteiger partial charge is 0.372 e. The van der Waals surface area contributed by atoms with Crippen molar-refractivity contribution in [2.75, 3.05) is 57.8 Å². The Morgan fingerprint density at radius 1 is 1.14 bits per heavy atom. The van der Waals surface area contributed by atoms with Gasteiger partial charge in [0, 0.05) is 56.8 Å². The number of anilines is 1. The maximum atomic E-state index is 13.7. The van der Waals surface area contributed by atoms with E-state index in [1.165, 1.54) is 12.1 Å². The van der Waals surface area contributed by atoms with Crippen LogP contribution in [0, 0.1) is 5.82 Å². The van der Waals surface area contributed by atoms with Gasteiger partial charge < -0.3 is 19.9 Å². The molecule has 1 amide bonds. The average molecular weight is 470 g/mol. The molecule has 0 aromatic heterocycles. The zero-order valence-corrected chi connectivity index (χ0v) is 17.0. The van der Waals surface area contributed by atoms with E-state index in [1.54, 1.807) is 6.07 Å². The largest absolute Gasteiger partial charge is 0.411 e. The van der Waals surface area contributed by atoms with Crippen LogP contribution in [0.5, 0.6) is 0 Å². The lowest BCUT2D eigenvalue weighted by molar-refractivity contribution is -0.174. The topological polar surface area (TPSA) is 44.8 Å². The fourth-order valence-electron chi connectivity index (χ4n) is 2.88. The van der Waals surface area contributed by atoms with Crippen molar-refractivity contribution < 1.29 is 27.1 Å². The van der Waals surface area contributed by atoms with Crippen molar-refractivity contribution in [2.45, 2.75) is 19.0 Å². The molecule has 0 aliphatic carbocycles. The number of nitrogens with one attached hydrogen (secondary N) is 1. The van der Waals surface area contributed by atoms with Gasteiger partial charge in [0.25, 0.3) is 0 Å². The molecule has 28 heavy (non-hydrogen) atoms. The second kappa shape index (κ2) is 11.1. The van der Waals surface area contributed by atoms with Crippen molar-refractivity contribution in [1.82, 2.24) is 9.80 Å². The van der Waals surface area contributed by atoms with E-state index in [2.05, 4.69) is 35.8 Å². The van der Waals surface area contributed by atoms with Gasteiger partial charge in [-0.3, -0.25) is 4.79 Å². The number of carbonyl (C=O) groups is 1. The minimum atomic E-state index is -4.28. The van der Waals surface area contributed by atoms with Crippen LogP contribution in [-0.4, -0.2) is 74.4 Å². The van der Waals surface area contributed by atoms with Gasteiger partial charge in [0.15, 0.2) is 0 Å². The van der Waals surface area contributed by atoms with Crippen LogP contribution in [-0.2, 0) is 9.53 Å². The highest BCUT2D eigenvalue weighted by molar-refractivity contribution is 9.10. The number of alkyl halides is 3. The number of carbonyl (C=O) groups excluding carboxylic acids is 1. The number of ether oxygens (including phenoxy) is 1. The van der Waals surface area contributed by atoms with Crippen LogP contribution in [0.25, 0.3) is 0 Å². The maximum Gasteiger partial charge on any atom is 0.411 e. The fourth-order valence-corrected chi connectivity index (χ4v) is 3.21. The van der Waals surface area contributed by atoms with Crippen LogP contribution in [0.3, 0.4) is 0 Å². The van der Waals surface area contributed by atoms with E-state index in [4.69, 9.17) is 0 Å². The summed E-state index contributed by atoms with van der Waals surface area (Å²) in [7, 11) is 0. The van der Waals surface area contributed by atoms with Gasteiger partial charge >= 0.3 is 6.18 Å². The minimum Gasteiger partial charge on any atom is -0.372 e.